The van der Waals surface area contributed by atoms with Crippen LogP contribution >= 0.6 is 11.8 Å². The lowest BCUT2D eigenvalue weighted by atomic mass is 9.96. The molecule has 1 N–H and O–H groups in total. The van der Waals surface area contributed by atoms with Crippen molar-refractivity contribution in [2.75, 3.05) is 24.8 Å². The van der Waals surface area contributed by atoms with Crippen molar-refractivity contribution in [2.24, 2.45) is 0 Å². The minimum absolute atomic E-state index is 0.314. The number of nitrogens with one attached hydrogen (secondary N) is 1. The van der Waals surface area contributed by atoms with Gasteiger partial charge in [0.05, 0.1) is 19.3 Å². The predicted octanol–water partition coefficient (Wildman–Crippen LogP) is 4.81. The van der Waals surface area contributed by atoms with Gasteiger partial charge in [0.15, 0.2) is 0 Å². The summed E-state index contributed by atoms with van der Waals surface area (Å²) < 4.78 is 12.4. The Morgan fingerprint density at radius 3 is 2.63 bits per heavy atom. The van der Waals surface area contributed by atoms with E-state index in [2.05, 4.69) is 17.2 Å². The van der Waals surface area contributed by atoms with E-state index in [1.807, 2.05) is 31.2 Å². The third-order valence-corrected chi connectivity index (χ3v) is 5.91. The molecule has 0 amide bonds. The molecular weight excluding hydrogens is 400 g/mol. The first kappa shape index (κ1) is 22.2. The molecule has 0 bridgehead atoms. The molecule has 2 aromatic rings. The van der Waals surface area contributed by atoms with E-state index < -0.39 is 6.04 Å². The lowest BCUT2D eigenvalue weighted by Crippen LogP contribution is -2.29. The normalized spacial score (nSPS) is 15.5. The van der Waals surface area contributed by atoms with Gasteiger partial charge in [0.1, 0.15) is 11.8 Å². The Kier molecular flexibility index (Phi) is 7.79. The number of anilines is 1. The minimum Gasteiger partial charge on any atom is -0.497 e. The number of thioether (sulfide) groups is 1. The summed E-state index contributed by atoms with van der Waals surface area (Å²) >= 11 is 1.65. The van der Waals surface area contributed by atoms with Gasteiger partial charge in [0.2, 0.25) is 11.1 Å². The molecule has 0 spiro atoms. The van der Waals surface area contributed by atoms with E-state index >= 15 is 0 Å². The van der Waals surface area contributed by atoms with Gasteiger partial charge in [0, 0.05) is 11.4 Å². The number of aromatic nitrogens is 3. The highest BCUT2D eigenvalue weighted by Crippen LogP contribution is 2.37. The van der Waals surface area contributed by atoms with Crippen LogP contribution < -0.4 is 10.1 Å². The number of methoxy groups -OCH3 is 1. The van der Waals surface area contributed by atoms with Crippen molar-refractivity contribution in [2.45, 2.75) is 57.7 Å². The number of esters is 1. The standard InChI is InChI=1S/C22H30N4O3S/c1-5-7-8-9-14-30-22-24-21-23-15(3)18(20(27)29-6-2)19(26(21)25-22)16-10-12-17(28-4)13-11-16/h10-13,19H,5-9,14H2,1-4H3,(H,23,24,25). The zero-order chi connectivity index (χ0) is 21.5. The number of ether oxygens (including phenoxy) is 2. The van der Waals surface area contributed by atoms with Gasteiger partial charge >= 0.3 is 5.97 Å². The van der Waals surface area contributed by atoms with Crippen LogP contribution in [0.5, 0.6) is 5.75 Å². The van der Waals surface area contributed by atoms with E-state index in [-0.39, 0.29) is 5.97 Å². The van der Waals surface area contributed by atoms with Gasteiger partial charge < -0.3 is 14.8 Å². The summed E-state index contributed by atoms with van der Waals surface area (Å²) in [7, 11) is 1.63. The van der Waals surface area contributed by atoms with Gasteiger partial charge in [-0.05, 0) is 38.0 Å². The molecule has 8 heteroatoms. The number of allylic oxidation sites excluding steroid dienone is 1. The summed E-state index contributed by atoms with van der Waals surface area (Å²) in [6.45, 7) is 6.20. The van der Waals surface area contributed by atoms with E-state index in [4.69, 9.17) is 14.6 Å². The van der Waals surface area contributed by atoms with E-state index in [9.17, 15) is 4.79 Å². The Morgan fingerprint density at radius 2 is 1.97 bits per heavy atom. The molecular formula is C22H30N4O3S. The molecule has 0 aliphatic carbocycles. The molecule has 162 valence electrons. The number of carbonyl (C=O) groups is 1. The Labute approximate surface area is 182 Å². The summed E-state index contributed by atoms with van der Waals surface area (Å²) in [4.78, 5) is 17.5. The van der Waals surface area contributed by atoms with Gasteiger partial charge in [-0.1, -0.05) is 50.1 Å². The third kappa shape index (κ3) is 4.98. The Bertz CT molecular complexity index is 892. The van der Waals surface area contributed by atoms with Gasteiger partial charge in [-0.15, -0.1) is 5.10 Å². The molecule has 0 fully saturated rings. The van der Waals surface area contributed by atoms with Crippen LogP contribution in [0.25, 0.3) is 0 Å². The molecule has 1 aromatic carbocycles. The number of hydrogen-bond donors (Lipinski definition) is 1. The van der Waals surface area contributed by atoms with E-state index in [0.717, 1.165) is 29.2 Å². The first-order valence-corrected chi connectivity index (χ1v) is 11.5. The molecule has 30 heavy (non-hydrogen) atoms. The fourth-order valence-corrected chi connectivity index (χ4v) is 4.28. The van der Waals surface area contributed by atoms with Gasteiger partial charge in [-0.2, -0.15) is 4.98 Å². The molecule has 1 aromatic heterocycles. The van der Waals surface area contributed by atoms with Crippen molar-refractivity contribution in [1.82, 2.24) is 14.8 Å². The van der Waals surface area contributed by atoms with Crippen molar-refractivity contribution in [3.05, 3.63) is 41.1 Å². The fraction of sp³-hybridized carbons (Fsp3) is 0.500. The maximum Gasteiger partial charge on any atom is 0.338 e. The largest absolute Gasteiger partial charge is 0.497 e. The van der Waals surface area contributed by atoms with Crippen LogP contribution in [0.3, 0.4) is 0 Å². The highest BCUT2D eigenvalue weighted by Gasteiger charge is 2.35. The first-order chi connectivity index (χ1) is 14.6. The zero-order valence-corrected chi connectivity index (χ0v) is 18.9. The van der Waals surface area contributed by atoms with E-state index in [1.54, 1.807) is 30.5 Å². The van der Waals surface area contributed by atoms with Crippen molar-refractivity contribution in [3.8, 4) is 5.75 Å². The van der Waals surface area contributed by atoms with Crippen molar-refractivity contribution >= 4 is 23.7 Å². The summed E-state index contributed by atoms with van der Waals surface area (Å²) in [5.41, 5.74) is 2.19. The van der Waals surface area contributed by atoms with E-state index in [1.165, 1.54) is 19.3 Å². The van der Waals surface area contributed by atoms with Crippen LogP contribution in [0.15, 0.2) is 40.7 Å². The van der Waals surface area contributed by atoms with Crippen LogP contribution in [0.2, 0.25) is 0 Å². The molecule has 0 radical (unpaired) electrons. The van der Waals surface area contributed by atoms with Crippen LogP contribution in [-0.2, 0) is 9.53 Å². The average molecular weight is 431 g/mol. The number of hydrogen-bond acceptors (Lipinski definition) is 7. The molecule has 1 unspecified atom stereocenters. The number of unbranched alkanes of at least 4 members (excludes halogenated alkanes) is 3. The predicted molar refractivity (Wildman–Crippen MR) is 119 cm³/mol. The van der Waals surface area contributed by atoms with Crippen molar-refractivity contribution in [3.63, 3.8) is 0 Å². The summed E-state index contributed by atoms with van der Waals surface area (Å²) in [6, 6.07) is 7.26. The summed E-state index contributed by atoms with van der Waals surface area (Å²) in [6.07, 6.45) is 4.83. The number of benzene rings is 1. The second-order valence-corrected chi connectivity index (χ2v) is 8.19. The second kappa shape index (κ2) is 10.5. The highest BCUT2D eigenvalue weighted by molar-refractivity contribution is 7.99. The van der Waals surface area contributed by atoms with Crippen LogP contribution in [-0.4, -0.2) is 40.2 Å². The van der Waals surface area contributed by atoms with E-state index in [0.29, 0.717) is 23.3 Å². The maximum absolute atomic E-state index is 12.8. The van der Waals surface area contributed by atoms with Crippen LogP contribution in [0.4, 0.5) is 5.95 Å². The number of rotatable bonds is 10. The van der Waals surface area contributed by atoms with Crippen LogP contribution in [0.1, 0.15) is 58.1 Å². The van der Waals surface area contributed by atoms with Crippen molar-refractivity contribution < 1.29 is 14.3 Å². The van der Waals surface area contributed by atoms with Gasteiger partial charge in [-0.3, -0.25) is 0 Å². The number of carbonyl (C=O) groups excluding carboxylic acids is 1. The highest BCUT2D eigenvalue weighted by atomic mass is 32.2. The Balaban J connectivity index is 1.91. The van der Waals surface area contributed by atoms with Crippen molar-refractivity contribution in [1.29, 1.82) is 0 Å². The second-order valence-electron chi connectivity index (χ2n) is 7.13. The number of nitrogens with zero attached hydrogens (tertiary/aromatic N) is 3. The fourth-order valence-electron chi connectivity index (χ4n) is 3.45. The minimum atomic E-state index is -0.409. The topological polar surface area (TPSA) is 78.3 Å². The third-order valence-electron chi connectivity index (χ3n) is 4.99. The maximum atomic E-state index is 12.8. The zero-order valence-electron chi connectivity index (χ0n) is 18.1. The number of fused-ring (bicyclic) bond motifs is 1. The van der Waals surface area contributed by atoms with Crippen LogP contribution in [0, 0.1) is 0 Å². The lowest BCUT2D eigenvalue weighted by Gasteiger charge is -2.28. The molecule has 1 aliphatic heterocycles. The lowest BCUT2D eigenvalue weighted by molar-refractivity contribution is -0.139. The average Bonchev–Trinajstić information content (AvgIpc) is 3.15. The molecule has 3 rings (SSSR count). The Hall–Kier alpha value is -2.48. The molecule has 0 saturated heterocycles. The molecule has 7 nitrogen and oxygen atoms in total. The van der Waals surface area contributed by atoms with Gasteiger partial charge in [-0.25, -0.2) is 9.48 Å². The SMILES string of the molecule is CCCCCCSc1nc2n(n1)C(c1ccc(OC)cc1)C(C(=O)OCC)=C(C)N2. The Morgan fingerprint density at radius 1 is 1.20 bits per heavy atom. The molecule has 1 aliphatic rings. The quantitative estimate of drug-likeness (QED) is 0.329. The summed E-state index contributed by atoms with van der Waals surface area (Å²) in [5.74, 6) is 2.03. The summed E-state index contributed by atoms with van der Waals surface area (Å²) in [5, 5.41) is 8.68. The molecule has 1 atom stereocenters. The van der Waals surface area contributed by atoms with Gasteiger partial charge in [0.25, 0.3) is 0 Å². The monoisotopic (exact) mass is 430 g/mol. The smallest absolute Gasteiger partial charge is 0.338 e. The molecule has 2 heterocycles. The molecule has 0 saturated carbocycles. The first-order valence-electron chi connectivity index (χ1n) is 10.5.